The van der Waals surface area contributed by atoms with Gasteiger partial charge in [-0.25, -0.2) is 17.2 Å². The van der Waals surface area contributed by atoms with Crippen molar-refractivity contribution in [3.05, 3.63) is 59.7 Å². The number of carbonyl (C=O) groups excluding carboxylic acids is 2. The van der Waals surface area contributed by atoms with Crippen LogP contribution in [0, 0.1) is 17.6 Å². The molecule has 1 amide bonds. The molecule has 0 spiro atoms. The van der Waals surface area contributed by atoms with Crippen LogP contribution in [0.5, 0.6) is 5.75 Å². The minimum Gasteiger partial charge on any atom is -0.496 e. The van der Waals surface area contributed by atoms with Crippen LogP contribution in [0.1, 0.15) is 31.4 Å². The van der Waals surface area contributed by atoms with Crippen LogP contribution in [0.15, 0.2) is 47.4 Å². The van der Waals surface area contributed by atoms with E-state index >= 15 is 0 Å². The second kappa shape index (κ2) is 10.9. The molecule has 1 unspecified atom stereocenters. The predicted molar refractivity (Wildman–Crippen MR) is 118 cm³/mol. The Balaban J connectivity index is 1.49. The zero-order valence-electron chi connectivity index (χ0n) is 18.8. The summed E-state index contributed by atoms with van der Waals surface area (Å²) in [7, 11) is -2.49. The molecule has 3 rings (SSSR count). The van der Waals surface area contributed by atoms with E-state index in [0.29, 0.717) is 11.8 Å². The maximum Gasteiger partial charge on any atom is 0.309 e. The maximum absolute atomic E-state index is 13.5. The summed E-state index contributed by atoms with van der Waals surface area (Å²) in [5.41, 5.74) is 0.777. The van der Waals surface area contributed by atoms with Crippen LogP contribution >= 0.6 is 0 Å². The van der Waals surface area contributed by atoms with Gasteiger partial charge in [0.15, 0.2) is 18.2 Å². The smallest absolute Gasteiger partial charge is 0.309 e. The summed E-state index contributed by atoms with van der Waals surface area (Å²) >= 11 is 0. The first-order valence-corrected chi connectivity index (χ1v) is 12.1. The van der Waals surface area contributed by atoms with Crippen molar-refractivity contribution in [3.63, 3.8) is 0 Å². The summed E-state index contributed by atoms with van der Waals surface area (Å²) in [5, 5.41) is 2.74. The van der Waals surface area contributed by atoms with Crippen LogP contribution < -0.4 is 10.1 Å². The van der Waals surface area contributed by atoms with Gasteiger partial charge in [-0.2, -0.15) is 4.31 Å². The average Bonchev–Trinajstić information content (AvgIpc) is 2.84. The van der Waals surface area contributed by atoms with Crippen molar-refractivity contribution in [1.82, 2.24) is 9.62 Å². The molecule has 34 heavy (non-hydrogen) atoms. The fourth-order valence-corrected chi connectivity index (χ4v) is 5.24. The molecule has 1 aliphatic rings. The SMILES string of the molecule is COc1ccccc1C(C)NC(=O)COC(=O)C1CCN(S(=O)(=O)c2ccc(F)c(F)c2)CC1. The van der Waals surface area contributed by atoms with Crippen LogP contribution in [0.2, 0.25) is 0 Å². The molecular formula is C23H26F2N2O6S. The number of methoxy groups -OCH3 is 1. The maximum atomic E-state index is 13.5. The van der Waals surface area contributed by atoms with E-state index in [1.165, 1.54) is 7.11 Å². The van der Waals surface area contributed by atoms with Crippen molar-refractivity contribution in [2.75, 3.05) is 26.8 Å². The predicted octanol–water partition coefficient (Wildman–Crippen LogP) is 2.79. The first kappa shape index (κ1) is 25.6. The fraction of sp³-hybridized carbons (Fsp3) is 0.391. The molecule has 1 aliphatic heterocycles. The number of carbonyl (C=O) groups is 2. The molecule has 1 atom stereocenters. The normalized spacial score (nSPS) is 16.0. The zero-order valence-corrected chi connectivity index (χ0v) is 19.6. The number of rotatable bonds is 8. The molecule has 0 aromatic heterocycles. The lowest BCUT2D eigenvalue weighted by Crippen LogP contribution is -2.41. The first-order valence-electron chi connectivity index (χ1n) is 10.7. The summed E-state index contributed by atoms with van der Waals surface area (Å²) in [5.74, 6) is -3.41. The Morgan fingerprint density at radius 3 is 2.44 bits per heavy atom. The molecule has 1 N–H and O–H groups in total. The lowest BCUT2D eigenvalue weighted by molar-refractivity contribution is -0.153. The van der Waals surface area contributed by atoms with E-state index < -0.39 is 46.1 Å². The molecule has 2 aromatic carbocycles. The van der Waals surface area contributed by atoms with Crippen LogP contribution in [0.4, 0.5) is 8.78 Å². The second-order valence-electron chi connectivity index (χ2n) is 7.89. The second-order valence-corrected chi connectivity index (χ2v) is 9.83. The number of esters is 1. The van der Waals surface area contributed by atoms with E-state index in [4.69, 9.17) is 9.47 Å². The van der Waals surface area contributed by atoms with Crippen molar-refractivity contribution in [2.24, 2.45) is 5.92 Å². The number of hydrogen-bond acceptors (Lipinski definition) is 6. The lowest BCUT2D eigenvalue weighted by atomic mass is 9.98. The van der Waals surface area contributed by atoms with E-state index in [9.17, 15) is 26.8 Å². The minimum atomic E-state index is -4.02. The highest BCUT2D eigenvalue weighted by Crippen LogP contribution is 2.26. The van der Waals surface area contributed by atoms with Crippen molar-refractivity contribution < 1.29 is 36.3 Å². The minimum absolute atomic E-state index is 0.0120. The van der Waals surface area contributed by atoms with Crippen LogP contribution in [-0.2, 0) is 24.3 Å². The van der Waals surface area contributed by atoms with Gasteiger partial charge in [-0.05, 0) is 44.0 Å². The molecular weight excluding hydrogens is 470 g/mol. The Labute approximate surface area is 196 Å². The van der Waals surface area contributed by atoms with E-state index in [2.05, 4.69) is 5.32 Å². The van der Waals surface area contributed by atoms with Gasteiger partial charge in [0.05, 0.1) is 24.0 Å². The number of amides is 1. The first-order chi connectivity index (χ1) is 16.1. The summed E-state index contributed by atoms with van der Waals surface area (Å²) in [4.78, 5) is 24.3. The topological polar surface area (TPSA) is 102 Å². The van der Waals surface area contributed by atoms with Crippen molar-refractivity contribution in [1.29, 1.82) is 0 Å². The Kier molecular flexibility index (Phi) is 8.21. The van der Waals surface area contributed by atoms with Gasteiger partial charge in [0.25, 0.3) is 5.91 Å². The van der Waals surface area contributed by atoms with Crippen LogP contribution in [0.25, 0.3) is 0 Å². The van der Waals surface area contributed by atoms with Gasteiger partial charge in [0.2, 0.25) is 10.0 Å². The molecule has 0 aliphatic carbocycles. The highest BCUT2D eigenvalue weighted by Gasteiger charge is 2.33. The van der Waals surface area contributed by atoms with E-state index in [-0.39, 0.29) is 36.9 Å². The largest absolute Gasteiger partial charge is 0.496 e. The third kappa shape index (κ3) is 5.89. The molecule has 0 saturated carbocycles. The quantitative estimate of drug-likeness (QED) is 0.564. The van der Waals surface area contributed by atoms with Crippen LogP contribution in [0.3, 0.4) is 0 Å². The molecule has 11 heteroatoms. The van der Waals surface area contributed by atoms with Crippen molar-refractivity contribution >= 4 is 21.9 Å². The number of ether oxygens (including phenoxy) is 2. The van der Waals surface area contributed by atoms with Gasteiger partial charge < -0.3 is 14.8 Å². The number of hydrogen-bond donors (Lipinski definition) is 1. The standard InChI is InChI=1S/C23H26F2N2O6S/c1-15(18-5-3-4-6-21(18)32-2)26-22(28)14-33-23(29)16-9-11-27(12-10-16)34(30,31)17-7-8-19(24)20(25)13-17/h3-8,13,15-16H,9-12,14H2,1-2H3,(H,26,28). The monoisotopic (exact) mass is 496 g/mol. The van der Waals surface area contributed by atoms with Crippen molar-refractivity contribution in [3.8, 4) is 5.75 Å². The Bertz CT molecular complexity index is 1150. The summed E-state index contributed by atoms with van der Waals surface area (Å²) < 4.78 is 63.4. The number of piperidine rings is 1. The third-order valence-electron chi connectivity index (χ3n) is 5.64. The summed E-state index contributed by atoms with van der Waals surface area (Å²) in [6.45, 7) is 1.34. The number of sulfonamides is 1. The molecule has 1 heterocycles. The summed E-state index contributed by atoms with van der Waals surface area (Å²) in [6.07, 6.45) is 0.363. The van der Waals surface area contributed by atoms with Gasteiger partial charge in [0, 0.05) is 18.7 Å². The number of para-hydroxylation sites is 1. The summed E-state index contributed by atoms with van der Waals surface area (Å²) in [6, 6.07) is 9.25. The Hall–Kier alpha value is -3.05. The third-order valence-corrected chi connectivity index (χ3v) is 7.54. The number of halogens is 2. The molecule has 8 nitrogen and oxygen atoms in total. The van der Waals surface area contributed by atoms with Crippen LogP contribution in [-0.4, -0.2) is 51.4 Å². The van der Waals surface area contributed by atoms with Gasteiger partial charge >= 0.3 is 5.97 Å². The Morgan fingerprint density at radius 2 is 1.79 bits per heavy atom. The Morgan fingerprint density at radius 1 is 1.12 bits per heavy atom. The van der Waals surface area contributed by atoms with E-state index in [1.807, 2.05) is 18.2 Å². The molecule has 1 fully saturated rings. The number of nitrogens with zero attached hydrogens (tertiary/aromatic N) is 1. The highest BCUT2D eigenvalue weighted by atomic mass is 32.2. The molecule has 2 aromatic rings. The lowest BCUT2D eigenvalue weighted by Gasteiger charge is -2.30. The van der Waals surface area contributed by atoms with Gasteiger partial charge in [-0.15, -0.1) is 0 Å². The van der Waals surface area contributed by atoms with Gasteiger partial charge in [0.1, 0.15) is 5.75 Å². The van der Waals surface area contributed by atoms with E-state index in [1.54, 1.807) is 13.0 Å². The molecule has 184 valence electrons. The average molecular weight is 497 g/mol. The molecule has 0 bridgehead atoms. The van der Waals surface area contributed by atoms with Gasteiger partial charge in [-0.1, -0.05) is 18.2 Å². The zero-order chi connectivity index (χ0) is 24.9. The number of benzene rings is 2. The molecule has 1 saturated heterocycles. The number of nitrogens with one attached hydrogen (secondary N) is 1. The van der Waals surface area contributed by atoms with Gasteiger partial charge in [-0.3, -0.25) is 9.59 Å². The fourth-order valence-electron chi connectivity index (χ4n) is 3.76. The molecule has 0 radical (unpaired) electrons. The van der Waals surface area contributed by atoms with E-state index in [0.717, 1.165) is 22.0 Å². The highest BCUT2D eigenvalue weighted by molar-refractivity contribution is 7.89. The van der Waals surface area contributed by atoms with Crippen molar-refractivity contribution in [2.45, 2.75) is 30.7 Å².